The smallest absolute Gasteiger partial charge is 0.418 e. The van der Waals surface area contributed by atoms with Gasteiger partial charge in [-0.05, 0) is 57.7 Å². The Kier molecular flexibility index (Phi) is 15.5. The fourth-order valence-electron chi connectivity index (χ4n) is 5.36. The molecular weight excluding hydrogens is 730 g/mol. The summed E-state index contributed by atoms with van der Waals surface area (Å²) >= 11 is 0. The molecule has 2 aromatic heterocycles. The van der Waals surface area contributed by atoms with E-state index in [9.17, 15) is 34.5 Å². The Morgan fingerprint density at radius 1 is 0.321 bits per heavy atom. The van der Waals surface area contributed by atoms with Crippen molar-refractivity contribution in [1.82, 2.24) is 0 Å². The van der Waals surface area contributed by atoms with Crippen LogP contribution in [0.25, 0.3) is 59.7 Å². The molecule has 286 valence electrons. The summed E-state index contributed by atoms with van der Waals surface area (Å²) in [5, 5.41) is 0. The standard InChI is InChI=1S/C44H38N2.2BF4/c1-45-41(27-23-35-15-7-3-8-16-35)31-39(32-42(45)28-24-36-17-9-4-10-18-36)40-33-43(29-25-37-19-11-5-12-20-37)46(2)44(34-40)30-26-38-21-13-6-14-22-38;2*2-1(3,4)5/h3-34H,1-2H3;;/q+2;2*-1/b27-23+,28-24+,29-25+,30-26+;;. The van der Waals surface area contributed by atoms with Crippen LogP contribution >= 0.6 is 0 Å². The van der Waals surface area contributed by atoms with Crippen LogP contribution in [0.4, 0.5) is 34.5 Å². The van der Waals surface area contributed by atoms with Gasteiger partial charge in [0.05, 0.1) is 0 Å². The van der Waals surface area contributed by atoms with Gasteiger partial charge in [-0.1, -0.05) is 121 Å². The van der Waals surface area contributed by atoms with Gasteiger partial charge in [-0.15, -0.1) is 0 Å². The lowest BCUT2D eigenvalue weighted by Gasteiger charge is -2.08. The van der Waals surface area contributed by atoms with Crippen LogP contribution in [0.5, 0.6) is 0 Å². The zero-order valence-electron chi connectivity index (χ0n) is 30.5. The molecule has 2 nitrogen and oxygen atoms in total. The number of pyridine rings is 2. The van der Waals surface area contributed by atoms with Crippen LogP contribution in [0.2, 0.25) is 0 Å². The van der Waals surface area contributed by atoms with E-state index in [1.807, 2.05) is 24.3 Å². The van der Waals surface area contributed by atoms with Crippen molar-refractivity contribution in [3.63, 3.8) is 0 Å². The van der Waals surface area contributed by atoms with Gasteiger partial charge in [-0.3, -0.25) is 0 Å². The Balaban J connectivity index is 0.000000620. The largest absolute Gasteiger partial charge is 0.673 e. The monoisotopic (exact) mass is 768 g/mol. The molecule has 0 spiro atoms. The zero-order chi connectivity index (χ0) is 40.6. The van der Waals surface area contributed by atoms with E-state index in [0.29, 0.717) is 0 Å². The van der Waals surface area contributed by atoms with Crippen LogP contribution in [0.3, 0.4) is 0 Å². The second-order valence-electron chi connectivity index (χ2n) is 12.3. The molecule has 0 aliphatic heterocycles. The van der Waals surface area contributed by atoms with Crippen LogP contribution in [-0.4, -0.2) is 14.5 Å². The number of hydrogen-bond acceptors (Lipinski definition) is 0. The lowest BCUT2D eigenvalue weighted by atomic mass is 10.0. The normalized spacial score (nSPS) is 11.8. The van der Waals surface area contributed by atoms with Crippen LogP contribution in [0.15, 0.2) is 146 Å². The van der Waals surface area contributed by atoms with Crippen LogP contribution in [0.1, 0.15) is 45.0 Å². The van der Waals surface area contributed by atoms with Gasteiger partial charge < -0.3 is 34.5 Å². The van der Waals surface area contributed by atoms with E-state index in [1.54, 1.807) is 0 Å². The lowest BCUT2D eigenvalue weighted by molar-refractivity contribution is -0.675. The highest BCUT2D eigenvalue weighted by Gasteiger charge is 2.21. The molecule has 0 fully saturated rings. The Hall–Kier alpha value is -6.29. The molecule has 4 aromatic carbocycles. The number of benzene rings is 4. The number of rotatable bonds is 9. The topological polar surface area (TPSA) is 7.76 Å². The third-order valence-electron chi connectivity index (χ3n) is 8.08. The van der Waals surface area contributed by atoms with Crippen molar-refractivity contribution in [2.75, 3.05) is 0 Å². The molecule has 0 saturated carbocycles. The maximum absolute atomic E-state index is 9.75. The van der Waals surface area contributed by atoms with Gasteiger partial charge in [0.2, 0.25) is 22.8 Å². The summed E-state index contributed by atoms with van der Waals surface area (Å²) in [5.74, 6) is 0. The van der Waals surface area contributed by atoms with Crippen LogP contribution in [0, 0.1) is 0 Å². The maximum atomic E-state index is 9.75. The van der Waals surface area contributed by atoms with Gasteiger partial charge in [0.15, 0.2) is 0 Å². The second-order valence-corrected chi connectivity index (χ2v) is 12.3. The predicted molar refractivity (Wildman–Crippen MR) is 216 cm³/mol. The van der Waals surface area contributed by atoms with E-state index >= 15 is 0 Å². The van der Waals surface area contributed by atoms with Gasteiger partial charge in [0, 0.05) is 48.6 Å². The Labute approximate surface area is 322 Å². The van der Waals surface area contributed by atoms with E-state index in [0.717, 1.165) is 33.9 Å². The SMILES string of the molecule is C[n+]1c(/C=C/c2ccccc2)cc(-c2cc(/C=C/c3ccccc3)[n+](C)c(/C=C/c3ccccc3)c2)cc1/C=C/c1ccccc1.F[B-](F)(F)F.F[B-](F)(F)F. The molecule has 0 aliphatic carbocycles. The molecule has 56 heavy (non-hydrogen) atoms. The average Bonchev–Trinajstić information content (AvgIpc) is 3.16. The summed E-state index contributed by atoms with van der Waals surface area (Å²) in [5.41, 5.74) is 11.5. The van der Waals surface area contributed by atoms with Crippen molar-refractivity contribution < 1.29 is 43.7 Å². The van der Waals surface area contributed by atoms with E-state index in [-0.39, 0.29) is 0 Å². The minimum atomic E-state index is -6.00. The number of halogens is 8. The highest BCUT2D eigenvalue weighted by molar-refractivity contribution is 6.50. The van der Waals surface area contributed by atoms with E-state index in [2.05, 4.69) is 193 Å². The third-order valence-corrected chi connectivity index (χ3v) is 8.08. The fourth-order valence-corrected chi connectivity index (χ4v) is 5.36. The first-order valence-electron chi connectivity index (χ1n) is 17.4. The summed E-state index contributed by atoms with van der Waals surface area (Å²) in [4.78, 5) is 0. The molecule has 12 heteroatoms. The Bertz CT molecular complexity index is 1940. The van der Waals surface area contributed by atoms with E-state index < -0.39 is 14.5 Å². The molecule has 0 amide bonds. The second kappa shape index (κ2) is 20.4. The van der Waals surface area contributed by atoms with Crippen LogP contribution < -0.4 is 9.13 Å². The van der Waals surface area contributed by atoms with Crippen molar-refractivity contribution in [3.05, 3.63) is 191 Å². The number of hydrogen-bond donors (Lipinski definition) is 0. The maximum Gasteiger partial charge on any atom is 0.673 e. The highest BCUT2D eigenvalue weighted by atomic mass is 19.5. The molecule has 0 bridgehead atoms. The quantitative estimate of drug-likeness (QED) is 0.0786. The van der Waals surface area contributed by atoms with Crippen molar-refractivity contribution in [3.8, 4) is 11.1 Å². The first-order valence-corrected chi connectivity index (χ1v) is 17.4. The lowest BCUT2D eigenvalue weighted by Crippen LogP contribution is -2.36. The van der Waals surface area contributed by atoms with E-state index in [1.165, 1.54) is 22.3 Å². The van der Waals surface area contributed by atoms with Crippen molar-refractivity contribution in [1.29, 1.82) is 0 Å². The number of nitrogens with zero attached hydrogens (tertiary/aromatic N) is 2. The molecule has 0 saturated heterocycles. The summed E-state index contributed by atoms with van der Waals surface area (Å²) in [7, 11) is -7.74. The molecular formula is C44H38B2F8N2. The summed E-state index contributed by atoms with van der Waals surface area (Å²) in [6.45, 7) is 0. The van der Waals surface area contributed by atoms with Gasteiger partial charge in [-0.2, -0.15) is 9.13 Å². The van der Waals surface area contributed by atoms with Crippen molar-refractivity contribution in [2.45, 2.75) is 0 Å². The summed E-state index contributed by atoms with van der Waals surface area (Å²) in [6.07, 6.45) is 17.5. The molecule has 0 unspecified atom stereocenters. The molecule has 2 heterocycles. The third kappa shape index (κ3) is 15.6. The van der Waals surface area contributed by atoms with Crippen molar-refractivity contribution in [2.24, 2.45) is 14.1 Å². The fraction of sp³-hybridized carbons (Fsp3) is 0.0455. The molecule has 0 aliphatic rings. The molecule has 6 rings (SSSR count). The predicted octanol–water partition coefficient (Wildman–Crippen LogP) is 12.3. The van der Waals surface area contributed by atoms with Gasteiger partial charge >= 0.3 is 14.5 Å². The van der Waals surface area contributed by atoms with Crippen LogP contribution in [-0.2, 0) is 14.1 Å². The average molecular weight is 768 g/mol. The van der Waals surface area contributed by atoms with Gasteiger partial charge in [0.1, 0.15) is 14.1 Å². The number of aromatic nitrogens is 2. The van der Waals surface area contributed by atoms with Gasteiger partial charge in [0.25, 0.3) is 0 Å². The molecule has 0 radical (unpaired) electrons. The van der Waals surface area contributed by atoms with E-state index in [4.69, 9.17) is 0 Å². The summed E-state index contributed by atoms with van der Waals surface area (Å²) in [6, 6.07) is 50.9. The summed E-state index contributed by atoms with van der Waals surface area (Å²) < 4.78 is 82.5. The van der Waals surface area contributed by atoms with Gasteiger partial charge in [-0.25, -0.2) is 0 Å². The minimum Gasteiger partial charge on any atom is -0.418 e. The Morgan fingerprint density at radius 3 is 0.679 bits per heavy atom. The molecule has 0 N–H and O–H groups in total. The molecule has 0 atom stereocenters. The zero-order valence-corrected chi connectivity index (χ0v) is 30.5. The highest BCUT2D eigenvalue weighted by Crippen LogP contribution is 2.25. The first kappa shape index (κ1) is 42.5. The van der Waals surface area contributed by atoms with Crippen molar-refractivity contribution >= 4 is 63.1 Å². The Morgan fingerprint density at radius 2 is 0.500 bits per heavy atom. The molecule has 6 aromatic rings. The first-order chi connectivity index (χ1) is 26.6. The minimum absolute atomic E-state index is 1.12.